The summed E-state index contributed by atoms with van der Waals surface area (Å²) < 4.78 is 5.96. The molecule has 1 aromatic carbocycles. The fourth-order valence-corrected chi connectivity index (χ4v) is 6.35. The van der Waals surface area contributed by atoms with Crippen LogP contribution in [-0.4, -0.2) is 58.9 Å². The fourth-order valence-electron chi connectivity index (χ4n) is 5.37. The molecule has 1 saturated carbocycles. The molecule has 1 amide bonds. The van der Waals surface area contributed by atoms with Crippen molar-refractivity contribution in [3.05, 3.63) is 53.4 Å². The quantitative estimate of drug-likeness (QED) is 0.541. The molecule has 1 aliphatic carbocycles. The summed E-state index contributed by atoms with van der Waals surface area (Å²) >= 11 is 1.70. The number of aryl methyl sites for hydroxylation is 1. The van der Waals surface area contributed by atoms with Crippen molar-refractivity contribution in [1.82, 2.24) is 4.90 Å². The first-order chi connectivity index (χ1) is 16.3. The molecule has 3 aliphatic heterocycles. The van der Waals surface area contributed by atoms with Gasteiger partial charge in [0.05, 0.1) is 10.6 Å². The van der Waals surface area contributed by atoms with E-state index in [4.69, 9.17) is 14.9 Å². The number of amides is 1. The van der Waals surface area contributed by atoms with Crippen LogP contribution in [0.5, 0.6) is 0 Å². The first-order valence-electron chi connectivity index (χ1n) is 11.3. The molecule has 4 aliphatic rings. The number of hydrogen-bond acceptors (Lipinski definition) is 6. The van der Waals surface area contributed by atoms with Gasteiger partial charge in [-0.1, -0.05) is 30.3 Å². The van der Waals surface area contributed by atoms with Gasteiger partial charge in [0, 0.05) is 48.5 Å². The Hall–Kier alpha value is -3.17. The molecule has 6 rings (SSSR count). The number of anilines is 1. The van der Waals surface area contributed by atoms with Gasteiger partial charge in [0.15, 0.2) is 0 Å². The van der Waals surface area contributed by atoms with Gasteiger partial charge in [0.1, 0.15) is 6.10 Å². The summed E-state index contributed by atoms with van der Waals surface area (Å²) in [6.07, 6.45) is 3.34. The van der Waals surface area contributed by atoms with Crippen molar-refractivity contribution in [2.75, 3.05) is 25.0 Å². The van der Waals surface area contributed by atoms with Gasteiger partial charge in [-0.25, -0.2) is 14.4 Å². The molecule has 180 valence electrons. The second-order valence-corrected chi connectivity index (χ2v) is 10.3. The third-order valence-corrected chi connectivity index (χ3v) is 7.54. The Labute approximate surface area is 201 Å². The van der Waals surface area contributed by atoms with Crippen LogP contribution in [0.3, 0.4) is 0 Å². The number of thiophene rings is 1. The maximum Gasteiger partial charge on any atom is 0.411 e. The Morgan fingerprint density at radius 2 is 1.65 bits per heavy atom. The number of nitrogens with one attached hydrogen (secondary N) is 1. The number of piperidine rings is 3. The number of hydrogen-bond donors (Lipinski definition) is 3. The van der Waals surface area contributed by atoms with Crippen LogP contribution in [0.2, 0.25) is 0 Å². The predicted octanol–water partition coefficient (Wildman–Crippen LogP) is 4.32. The summed E-state index contributed by atoms with van der Waals surface area (Å²) in [4.78, 5) is 36.6. The second kappa shape index (κ2) is 10.4. The summed E-state index contributed by atoms with van der Waals surface area (Å²) in [5.41, 5.74) is 1.99. The number of carboxylic acid groups (broad SMARTS) is 2. The first-order valence-corrected chi connectivity index (χ1v) is 12.1. The molecule has 34 heavy (non-hydrogen) atoms. The van der Waals surface area contributed by atoms with E-state index in [2.05, 4.69) is 29.3 Å². The summed E-state index contributed by atoms with van der Waals surface area (Å²) in [6.45, 7) is 5.51. The zero-order valence-corrected chi connectivity index (χ0v) is 19.7. The molecule has 9 heteroatoms. The standard InChI is InChI=1S/C21H24N2O2S.C4H4O4/c1-13-7-18(20(26-13)15-5-3-2-4-6-15)22-21(24)25-19-16-8-14-9-17(19)12-23(10-14)11-16;5-3(6)1-2-4(7)8/h2-7,14,16-17,19H,8-12H2,1H3,(H,22,24);1-2H,(H,5,6)(H,7,8)/b;2-1+. The molecule has 4 bridgehead atoms. The van der Waals surface area contributed by atoms with Crippen LogP contribution in [0, 0.1) is 24.7 Å². The van der Waals surface area contributed by atoms with E-state index in [1.54, 1.807) is 11.3 Å². The molecule has 2 aromatic rings. The summed E-state index contributed by atoms with van der Waals surface area (Å²) in [6, 6.07) is 12.2. The summed E-state index contributed by atoms with van der Waals surface area (Å²) in [5, 5.41) is 18.6. The van der Waals surface area contributed by atoms with Crippen molar-refractivity contribution in [1.29, 1.82) is 0 Å². The zero-order valence-electron chi connectivity index (χ0n) is 18.8. The second-order valence-electron chi connectivity index (χ2n) is 9.05. The molecule has 2 unspecified atom stereocenters. The van der Waals surface area contributed by atoms with Crippen molar-refractivity contribution in [3.8, 4) is 10.4 Å². The van der Waals surface area contributed by atoms with Crippen LogP contribution >= 0.6 is 11.3 Å². The number of carbonyl (C=O) groups excluding carboxylic acids is 1. The lowest BCUT2D eigenvalue weighted by molar-refractivity contribution is -0.134. The summed E-state index contributed by atoms with van der Waals surface area (Å²) in [5.74, 6) is -0.658. The Morgan fingerprint density at radius 1 is 1.03 bits per heavy atom. The smallest absolute Gasteiger partial charge is 0.411 e. The average molecular weight is 485 g/mol. The monoisotopic (exact) mass is 484 g/mol. The number of ether oxygens (including phenoxy) is 1. The minimum Gasteiger partial charge on any atom is -0.478 e. The number of nitrogens with zero attached hydrogens (tertiary/aromatic N) is 1. The van der Waals surface area contributed by atoms with Crippen LogP contribution in [-0.2, 0) is 14.3 Å². The number of carboxylic acids is 2. The van der Waals surface area contributed by atoms with Crippen LogP contribution < -0.4 is 5.32 Å². The maximum atomic E-state index is 12.7. The van der Waals surface area contributed by atoms with E-state index in [-0.39, 0.29) is 12.2 Å². The van der Waals surface area contributed by atoms with Crippen molar-refractivity contribution in [2.45, 2.75) is 25.9 Å². The van der Waals surface area contributed by atoms with Gasteiger partial charge in [0.25, 0.3) is 0 Å². The van der Waals surface area contributed by atoms with Gasteiger partial charge in [-0.2, -0.15) is 0 Å². The van der Waals surface area contributed by atoms with Gasteiger partial charge in [-0.15, -0.1) is 11.3 Å². The normalized spacial score (nSPS) is 26.6. The average Bonchev–Trinajstić information content (AvgIpc) is 3.15. The third kappa shape index (κ3) is 5.84. The highest BCUT2D eigenvalue weighted by atomic mass is 32.1. The predicted molar refractivity (Wildman–Crippen MR) is 129 cm³/mol. The number of carbonyl (C=O) groups is 3. The van der Waals surface area contributed by atoms with Gasteiger partial charge >= 0.3 is 18.0 Å². The minimum atomic E-state index is -1.26. The van der Waals surface area contributed by atoms with E-state index in [1.807, 2.05) is 24.3 Å². The van der Waals surface area contributed by atoms with Gasteiger partial charge in [-0.05, 0) is 37.3 Å². The molecule has 3 saturated heterocycles. The van der Waals surface area contributed by atoms with Crippen LogP contribution in [0.4, 0.5) is 10.5 Å². The van der Waals surface area contributed by atoms with E-state index in [9.17, 15) is 14.4 Å². The molecule has 8 nitrogen and oxygen atoms in total. The number of benzene rings is 1. The third-order valence-electron chi connectivity index (χ3n) is 6.44. The fraction of sp³-hybridized carbons (Fsp3) is 0.400. The molecule has 0 spiro atoms. The highest BCUT2D eigenvalue weighted by Gasteiger charge is 2.49. The highest BCUT2D eigenvalue weighted by molar-refractivity contribution is 7.16. The van der Waals surface area contributed by atoms with E-state index >= 15 is 0 Å². The van der Waals surface area contributed by atoms with Crippen LogP contribution in [0.15, 0.2) is 48.6 Å². The number of aliphatic carboxylic acids is 2. The Kier molecular flexibility index (Phi) is 7.33. The highest BCUT2D eigenvalue weighted by Crippen LogP contribution is 2.45. The first kappa shape index (κ1) is 24.0. The zero-order chi connectivity index (χ0) is 24.2. The Bertz CT molecular complexity index is 1040. The van der Waals surface area contributed by atoms with E-state index in [1.165, 1.54) is 24.3 Å². The molecule has 3 N–H and O–H groups in total. The molecule has 4 fully saturated rings. The van der Waals surface area contributed by atoms with Crippen molar-refractivity contribution < 1.29 is 29.3 Å². The lowest BCUT2D eigenvalue weighted by Gasteiger charge is -2.54. The summed E-state index contributed by atoms with van der Waals surface area (Å²) in [7, 11) is 0. The molecule has 1 aromatic heterocycles. The largest absolute Gasteiger partial charge is 0.478 e. The van der Waals surface area contributed by atoms with Crippen LogP contribution in [0.25, 0.3) is 10.4 Å². The van der Waals surface area contributed by atoms with E-state index in [0.717, 1.165) is 35.1 Å². The molecule has 4 heterocycles. The molecule has 0 radical (unpaired) electrons. The topological polar surface area (TPSA) is 116 Å². The van der Waals surface area contributed by atoms with Gasteiger partial charge < -0.3 is 19.8 Å². The lowest BCUT2D eigenvalue weighted by Crippen LogP contribution is -2.61. The van der Waals surface area contributed by atoms with Crippen molar-refractivity contribution >= 4 is 35.1 Å². The molecular formula is C25H28N2O6S. The van der Waals surface area contributed by atoms with E-state index < -0.39 is 11.9 Å². The van der Waals surface area contributed by atoms with Gasteiger partial charge in [0.2, 0.25) is 0 Å². The van der Waals surface area contributed by atoms with Crippen LogP contribution in [0.1, 0.15) is 17.7 Å². The molecular weight excluding hydrogens is 456 g/mol. The Morgan fingerprint density at radius 3 is 2.21 bits per heavy atom. The minimum absolute atomic E-state index is 0.0858. The van der Waals surface area contributed by atoms with E-state index in [0.29, 0.717) is 24.0 Å². The van der Waals surface area contributed by atoms with Gasteiger partial charge in [-0.3, -0.25) is 5.32 Å². The Balaban J connectivity index is 0.000000297. The SMILES string of the molecule is Cc1cc(NC(=O)OC2C3CC4CC2CN(C4)C3)c(-c2ccccc2)s1.O=C(O)/C=C/C(=O)O. The maximum absolute atomic E-state index is 12.7. The van der Waals surface area contributed by atoms with Crippen molar-refractivity contribution in [3.63, 3.8) is 0 Å². The van der Waals surface area contributed by atoms with Crippen molar-refractivity contribution in [2.24, 2.45) is 17.8 Å². The number of rotatable bonds is 5. The molecule has 2 atom stereocenters. The lowest BCUT2D eigenvalue weighted by atomic mass is 9.66.